The molecule has 2 heterocycles. The van der Waals surface area contributed by atoms with Gasteiger partial charge < -0.3 is 11.1 Å². The number of carbonyl (C=O) groups is 1. The summed E-state index contributed by atoms with van der Waals surface area (Å²) in [5.74, 6) is -0.0353. The third-order valence-electron chi connectivity index (χ3n) is 3.78. The SMILES string of the molecule is CN.Cc1cc(Cl)ccc1CCNC(=O)c1ccc(-c2ccncc2)s1. The van der Waals surface area contributed by atoms with E-state index < -0.39 is 0 Å². The molecule has 0 spiro atoms. The molecule has 0 fully saturated rings. The first-order valence-electron chi connectivity index (χ1n) is 8.24. The Bertz CT molecular complexity index is 849. The molecule has 6 heteroatoms. The molecule has 0 radical (unpaired) electrons. The number of benzene rings is 1. The van der Waals surface area contributed by atoms with Crippen LogP contribution < -0.4 is 11.1 Å². The first-order chi connectivity index (χ1) is 12.6. The lowest BCUT2D eigenvalue weighted by atomic mass is 10.1. The quantitative estimate of drug-likeness (QED) is 0.685. The highest BCUT2D eigenvalue weighted by Gasteiger charge is 2.10. The van der Waals surface area contributed by atoms with Gasteiger partial charge in [0.25, 0.3) is 5.91 Å². The lowest BCUT2D eigenvalue weighted by Crippen LogP contribution is -2.25. The second kappa shape index (κ2) is 10.1. The van der Waals surface area contributed by atoms with Crippen LogP contribution in [0.1, 0.15) is 20.8 Å². The molecule has 0 aliphatic carbocycles. The van der Waals surface area contributed by atoms with Crippen LogP contribution in [0.25, 0.3) is 10.4 Å². The van der Waals surface area contributed by atoms with E-state index >= 15 is 0 Å². The number of nitrogens with two attached hydrogens (primary N) is 1. The van der Waals surface area contributed by atoms with Gasteiger partial charge in [0.2, 0.25) is 0 Å². The Balaban J connectivity index is 0.00000117. The van der Waals surface area contributed by atoms with Crippen LogP contribution in [0.15, 0.2) is 54.9 Å². The number of amides is 1. The number of aromatic nitrogens is 1. The lowest BCUT2D eigenvalue weighted by molar-refractivity contribution is 0.0958. The zero-order chi connectivity index (χ0) is 18.9. The second-order valence-corrected chi connectivity index (χ2v) is 7.00. The smallest absolute Gasteiger partial charge is 0.261 e. The molecule has 3 aromatic rings. The van der Waals surface area contributed by atoms with Crippen LogP contribution in [0.4, 0.5) is 0 Å². The van der Waals surface area contributed by atoms with E-state index in [1.54, 1.807) is 12.4 Å². The van der Waals surface area contributed by atoms with Crippen molar-refractivity contribution in [3.05, 3.63) is 75.9 Å². The number of halogens is 1. The molecule has 1 aromatic carbocycles. The Morgan fingerprint density at radius 1 is 1.15 bits per heavy atom. The van der Waals surface area contributed by atoms with Gasteiger partial charge in [-0.25, -0.2) is 0 Å². The highest BCUT2D eigenvalue weighted by Crippen LogP contribution is 2.27. The average Bonchev–Trinajstić information content (AvgIpc) is 3.16. The van der Waals surface area contributed by atoms with E-state index in [1.807, 2.05) is 49.4 Å². The molecular formula is C20H22ClN3OS. The van der Waals surface area contributed by atoms with Gasteiger partial charge in [-0.3, -0.25) is 9.78 Å². The van der Waals surface area contributed by atoms with Gasteiger partial charge in [-0.15, -0.1) is 11.3 Å². The number of aryl methyl sites for hydroxylation is 1. The summed E-state index contributed by atoms with van der Waals surface area (Å²) in [6.07, 6.45) is 4.30. The fraction of sp³-hybridized carbons (Fsp3) is 0.200. The third-order valence-corrected chi connectivity index (χ3v) is 5.15. The number of thiophene rings is 1. The number of nitrogens with one attached hydrogen (secondary N) is 1. The molecule has 4 nitrogen and oxygen atoms in total. The van der Waals surface area contributed by atoms with Gasteiger partial charge in [-0.2, -0.15) is 0 Å². The summed E-state index contributed by atoms with van der Waals surface area (Å²) in [4.78, 5) is 18.1. The number of hydrogen-bond acceptors (Lipinski definition) is 4. The van der Waals surface area contributed by atoms with E-state index in [2.05, 4.69) is 16.0 Å². The van der Waals surface area contributed by atoms with Crippen LogP contribution in [0, 0.1) is 6.92 Å². The topological polar surface area (TPSA) is 68.0 Å². The van der Waals surface area contributed by atoms with Crippen LogP contribution >= 0.6 is 22.9 Å². The molecule has 0 saturated heterocycles. The molecular weight excluding hydrogens is 366 g/mol. The number of pyridine rings is 1. The van der Waals surface area contributed by atoms with Crippen molar-refractivity contribution in [3.8, 4) is 10.4 Å². The van der Waals surface area contributed by atoms with Crippen molar-refractivity contribution in [3.63, 3.8) is 0 Å². The van der Waals surface area contributed by atoms with Gasteiger partial charge in [0.15, 0.2) is 0 Å². The maximum atomic E-state index is 12.3. The summed E-state index contributed by atoms with van der Waals surface area (Å²) in [5, 5.41) is 3.72. The Labute approximate surface area is 163 Å². The Kier molecular flexibility index (Phi) is 7.78. The van der Waals surface area contributed by atoms with Crippen molar-refractivity contribution in [2.24, 2.45) is 5.73 Å². The Hall–Kier alpha value is -2.21. The number of nitrogens with zero attached hydrogens (tertiary/aromatic N) is 1. The average molecular weight is 388 g/mol. The summed E-state index contributed by atoms with van der Waals surface area (Å²) in [6, 6.07) is 13.6. The van der Waals surface area contributed by atoms with E-state index in [1.165, 1.54) is 23.9 Å². The number of hydrogen-bond donors (Lipinski definition) is 2. The highest BCUT2D eigenvalue weighted by molar-refractivity contribution is 7.17. The molecule has 0 unspecified atom stereocenters. The minimum absolute atomic E-state index is 0.0353. The molecule has 1 amide bonds. The predicted octanol–water partition coefficient (Wildman–Crippen LogP) is 4.32. The van der Waals surface area contributed by atoms with Crippen molar-refractivity contribution in [2.45, 2.75) is 13.3 Å². The molecule has 136 valence electrons. The zero-order valence-corrected chi connectivity index (χ0v) is 16.4. The maximum absolute atomic E-state index is 12.3. The van der Waals surface area contributed by atoms with Crippen LogP contribution in [0.3, 0.4) is 0 Å². The van der Waals surface area contributed by atoms with E-state index in [0.29, 0.717) is 6.54 Å². The van der Waals surface area contributed by atoms with Gasteiger partial charge >= 0.3 is 0 Å². The first kappa shape index (κ1) is 20.1. The predicted molar refractivity (Wildman–Crippen MR) is 110 cm³/mol. The minimum Gasteiger partial charge on any atom is -0.351 e. The third kappa shape index (κ3) is 5.39. The second-order valence-electron chi connectivity index (χ2n) is 5.48. The summed E-state index contributed by atoms with van der Waals surface area (Å²) in [6.45, 7) is 2.63. The molecule has 0 aliphatic rings. The van der Waals surface area contributed by atoms with Gasteiger partial charge in [0, 0.05) is 28.8 Å². The molecule has 3 rings (SSSR count). The van der Waals surface area contributed by atoms with Crippen molar-refractivity contribution < 1.29 is 4.79 Å². The molecule has 0 saturated carbocycles. The molecule has 0 aliphatic heterocycles. The monoisotopic (exact) mass is 387 g/mol. The van der Waals surface area contributed by atoms with Gasteiger partial charge in [-0.05, 0) is 73.5 Å². The standard InChI is InChI=1S/C19H17ClN2OS.CH5N/c1-13-12-16(20)3-2-14(13)8-11-22-19(23)18-5-4-17(24-18)15-6-9-21-10-7-15;1-2/h2-7,9-10,12H,8,11H2,1H3,(H,22,23);2H2,1H3. The maximum Gasteiger partial charge on any atom is 0.261 e. The minimum atomic E-state index is -0.0353. The fourth-order valence-corrected chi connectivity index (χ4v) is 3.62. The molecule has 0 atom stereocenters. The summed E-state index contributed by atoms with van der Waals surface area (Å²) in [5.41, 5.74) is 7.92. The van der Waals surface area contributed by atoms with Crippen LogP contribution in [-0.4, -0.2) is 24.5 Å². The van der Waals surface area contributed by atoms with Crippen molar-refractivity contribution >= 4 is 28.8 Å². The van der Waals surface area contributed by atoms with Crippen molar-refractivity contribution in [1.29, 1.82) is 0 Å². The van der Waals surface area contributed by atoms with Crippen LogP contribution in [0.5, 0.6) is 0 Å². The highest BCUT2D eigenvalue weighted by atomic mass is 35.5. The molecule has 2 aromatic heterocycles. The normalized spacial score (nSPS) is 10.0. The van der Waals surface area contributed by atoms with Gasteiger partial charge in [0.05, 0.1) is 4.88 Å². The molecule has 3 N–H and O–H groups in total. The van der Waals surface area contributed by atoms with Gasteiger partial charge in [0.1, 0.15) is 0 Å². The summed E-state index contributed by atoms with van der Waals surface area (Å²) in [7, 11) is 1.50. The number of rotatable bonds is 5. The summed E-state index contributed by atoms with van der Waals surface area (Å²) < 4.78 is 0. The summed E-state index contributed by atoms with van der Waals surface area (Å²) >= 11 is 7.45. The fourth-order valence-electron chi connectivity index (χ4n) is 2.47. The number of carbonyl (C=O) groups excluding carboxylic acids is 1. The van der Waals surface area contributed by atoms with Gasteiger partial charge in [-0.1, -0.05) is 17.7 Å². The van der Waals surface area contributed by atoms with Crippen LogP contribution in [0.2, 0.25) is 5.02 Å². The van der Waals surface area contributed by atoms with E-state index in [4.69, 9.17) is 11.6 Å². The van der Waals surface area contributed by atoms with E-state index in [-0.39, 0.29) is 5.91 Å². The Morgan fingerprint density at radius 2 is 1.88 bits per heavy atom. The largest absolute Gasteiger partial charge is 0.351 e. The molecule has 26 heavy (non-hydrogen) atoms. The van der Waals surface area contributed by atoms with Crippen LogP contribution in [-0.2, 0) is 6.42 Å². The van der Waals surface area contributed by atoms with E-state index in [9.17, 15) is 4.79 Å². The Morgan fingerprint density at radius 3 is 2.58 bits per heavy atom. The zero-order valence-electron chi connectivity index (χ0n) is 14.8. The molecule has 0 bridgehead atoms. The van der Waals surface area contributed by atoms with Crippen molar-refractivity contribution in [1.82, 2.24) is 10.3 Å². The van der Waals surface area contributed by atoms with E-state index in [0.717, 1.165) is 32.3 Å². The lowest BCUT2D eigenvalue weighted by Gasteiger charge is -2.07. The first-order valence-corrected chi connectivity index (χ1v) is 9.44. The van der Waals surface area contributed by atoms with Crippen molar-refractivity contribution in [2.75, 3.05) is 13.6 Å².